The van der Waals surface area contributed by atoms with Crippen molar-refractivity contribution in [1.82, 2.24) is 19.7 Å². The number of aryl methyl sites for hydroxylation is 1. The van der Waals surface area contributed by atoms with E-state index in [0.717, 1.165) is 11.4 Å². The molecule has 17 heavy (non-hydrogen) atoms. The zero-order valence-corrected chi connectivity index (χ0v) is 10.6. The molecule has 0 aliphatic carbocycles. The van der Waals surface area contributed by atoms with Crippen LogP contribution in [-0.4, -0.2) is 19.7 Å². The third kappa shape index (κ3) is 2.13. The highest BCUT2D eigenvalue weighted by Gasteiger charge is 2.19. The number of nitrogens with two attached hydrogens (primary N) is 1. The normalized spacial score (nSPS) is 11.8. The van der Waals surface area contributed by atoms with Crippen LogP contribution in [-0.2, 0) is 5.54 Å². The third-order valence-electron chi connectivity index (χ3n) is 2.54. The molecule has 2 N–H and O–H groups in total. The highest BCUT2D eigenvalue weighted by Crippen LogP contribution is 2.26. The molecule has 5 heteroatoms. The molecule has 0 aromatic carbocycles. The molecule has 0 radical (unpaired) electrons. The summed E-state index contributed by atoms with van der Waals surface area (Å²) in [5.74, 6) is 0. The zero-order chi connectivity index (χ0) is 12.6. The van der Waals surface area contributed by atoms with Gasteiger partial charge >= 0.3 is 0 Å². The first-order chi connectivity index (χ1) is 7.89. The molecular formula is C12H17N5. The summed E-state index contributed by atoms with van der Waals surface area (Å²) in [6, 6.07) is 0. The number of hydrogen-bond acceptors (Lipinski definition) is 4. The maximum absolute atomic E-state index is 5.99. The third-order valence-corrected chi connectivity index (χ3v) is 2.54. The predicted octanol–water partition coefficient (Wildman–Crippen LogP) is 1.99. The first-order valence-electron chi connectivity index (χ1n) is 5.53. The number of hydrogen-bond donors (Lipinski definition) is 1. The van der Waals surface area contributed by atoms with E-state index in [1.807, 2.05) is 17.8 Å². The van der Waals surface area contributed by atoms with Gasteiger partial charge in [0.1, 0.15) is 11.4 Å². The van der Waals surface area contributed by atoms with Crippen molar-refractivity contribution in [1.29, 1.82) is 0 Å². The van der Waals surface area contributed by atoms with Crippen LogP contribution in [0.5, 0.6) is 0 Å². The second-order valence-corrected chi connectivity index (χ2v) is 5.04. The van der Waals surface area contributed by atoms with E-state index in [1.54, 1.807) is 12.4 Å². The molecule has 0 saturated heterocycles. The minimum Gasteiger partial charge on any atom is -0.396 e. The standard InChI is InChI=1S/C12H17N5/c1-8-10(15-6-5-14-8)11-9(13)7-17(16-11)12(2,3)4/h5-7H,13H2,1-4H3. The van der Waals surface area contributed by atoms with Crippen LogP contribution >= 0.6 is 0 Å². The monoisotopic (exact) mass is 231 g/mol. The smallest absolute Gasteiger partial charge is 0.135 e. The van der Waals surface area contributed by atoms with Gasteiger partial charge in [0.2, 0.25) is 0 Å². The van der Waals surface area contributed by atoms with Crippen LogP contribution < -0.4 is 5.73 Å². The Kier molecular flexibility index (Phi) is 2.61. The number of aromatic nitrogens is 4. The van der Waals surface area contributed by atoms with Crippen molar-refractivity contribution in [2.45, 2.75) is 33.2 Å². The Balaban J connectivity index is 2.55. The van der Waals surface area contributed by atoms with E-state index in [2.05, 4.69) is 35.8 Å². The highest BCUT2D eigenvalue weighted by atomic mass is 15.3. The lowest BCUT2D eigenvalue weighted by Gasteiger charge is -2.18. The molecule has 0 aliphatic heterocycles. The Morgan fingerprint density at radius 1 is 1.12 bits per heavy atom. The van der Waals surface area contributed by atoms with E-state index >= 15 is 0 Å². The largest absolute Gasteiger partial charge is 0.396 e. The number of nitrogens with zero attached hydrogens (tertiary/aromatic N) is 4. The predicted molar refractivity (Wildman–Crippen MR) is 67.4 cm³/mol. The lowest BCUT2D eigenvalue weighted by atomic mass is 10.1. The average molecular weight is 231 g/mol. The first kappa shape index (κ1) is 11.6. The van der Waals surface area contributed by atoms with Gasteiger partial charge in [-0.25, -0.2) is 0 Å². The fourth-order valence-corrected chi connectivity index (χ4v) is 1.56. The zero-order valence-electron chi connectivity index (χ0n) is 10.6. The quantitative estimate of drug-likeness (QED) is 0.814. The van der Waals surface area contributed by atoms with Crippen molar-refractivity contribution in [2.24, 2.45) is 0 Å². The molecule has 0 amide bonds. The molecule has 2 aromatic heterocycles. The molecule has 0 spiro atoms. The molecule has 2 rings (SSSR count). The topological polar surface area (TPSA) is 69.6 Å². The van der Waals surface area contributed by atoms with E-state index in [-0.39, 0.29) is 5.54 Å². The van der Waals surface area contributed by atoms with Crippen molar-refractivity contribution in [3.8, 4) is 11.4 Å². The molecule has 0 unspecified atom stereocenters. The number of rotatable bonds is 1. The molecule has 2 heterocycles. The van der Waals surface area contributed by atoms with Crippen molar-refractivity contribution in [3.63, 3.8) is 0 Å². The lowest BCUT2D eigenvalue weighted by Crippen LogP contribution is -2.22. The maximum atomic E-state index is 5.99. The Morgan fingerprint density at radius 2 is 1.76 bits per heavy atom. The summed E-state index contributed by atoms with van der Waals surface area (Å²) in [5, 5.41) is 4.50. The van der Waals surface area contributed by atoms with Gasteiger partial charge in [0, 0.05) is 18.6 Å². The lowest BCUT2D eigenvalue weighted by molar-refractivity contribution is 0.356. The van der Waals surface area contributed by atoms with Gasteiger partial charge in [0.25, 0.3) is 0 Å². The van der Waals surface area contributed by atoms with E-state index in [4.69, 9.17) is 5.73 Å². The summed E-state index contributed by atoms with van der Waals surface area (Å²) in [6.07, 6.45) is 5.15. The molecule has 0 saturated carbocycles. The van der Waals surface area contributed by atoms with Crippen LogP contribution in [0.1, 0.15) is 26.5 Å². The van der Waals surface area contributed by atoms with Gasteiger partial charge < -0.3 is 5.73 Å². The first-order valence-corrected chi connectivity index (χ1v) is 5.53. The molecular weight excluding hydrogens is 214 g/mol. The minimum atomic E-state index is -0.0948. The Morgan fingerprint density at radius 3 is 2.29 bits per heavy atom. The van der Waals surface area contributed by atoms with Crippen LogP contribution in [0.25, 0.3) is 11.4 Å². The maximum Gasteiger partial charge on any atom is 0.135 e. The minimum absolute atomic E-state index is 0.0948. The number of anilines is 1. The molecule has 2 aromatic rings. The van der Waals surface area contributed by atoms with Gasteiger partial charge in [-0.15, -0.1) is 0 Å². The van der Waals surface area contributed by atoms with Crippen LogP contribution in [0.2, 0.25) is 0 Å². The Labute approximate surface area is 101 Å². The van der Waals surface area contributed by atoms with Crippen LogP contribution in [0.15, 0.2) is 18.6 Å². The summed E-state index contributed by atoms with van der Waals surface area (Å²) in [6.45, 7) is 8.13. The molecule has 0 atom stereocenters. The Hall–Kier alpha value is -1.91. The summed E-state index contributed by atoms with van der Waals surface area (Å²) < 4.78 is 1.85. The van der Waals surface area contributed by atoms with Gasteiger partial charge in [0.05, 0.1) is 16.9 Å². The van der Waals surface area contributed by atoms with Crippen LogP contribution in [0.3, 0.4) is 0 Å². The molecule has 0 fully saturated rings. The van der Waals surface area contributed by atoms with Crippen molar-refractivity contribution in [2.75, 3.05) is 5.73 Å². The fraction of sp³-hybridized carbons (Fsp3) is 0.417. The molecule has 0 bridgehead atoms. The van der Waals surface area contributed by atoms with Gasteiger partial charge in [-0.1, -0.05) is 0 Å². The van der Waals surface area contributed by atoms with E-state index in [1.165, 1.54) is 0 Å². The van der Waals surface area contributed by atoms with Crippen LogP contribution in [0, 0.1) is 6.92 Å². The second kappa shape index (κ2) is 3.84. The summed E-state index contributed by atoms with van der Waals surface area (Å²) in [4.78, 5) is 8.49. The Bertz CT molecular complexity index is 536. The molecule has 90 valence electrons. The van der Waals surface area contributed by atoms with E-state index < -0.39 is 0 Å². The fourth-order valence-electron chi connectivity index (χ4n) is 1.56. The van der Waals surface area contributed by atoms with Gasteiger partial charge in [-0.3, -0.25) is 14.6 Å². The van der Waals surface area contributed by atoms with Crippen LogP contribution in [0.4, 0.5) is 5.69 Å². The molecule has 5 nitrogen and oxygen atoms in total. The van der Waals surface area contributed by atoms with Crippen molar-refractivity contribution in [3.05, 3.63) is 24.3 Å². The second-order valence-electron chi connectivity index (χ2n) is 5.04. The van der Waals surface area contributed by atoms with E-state index in [0.29, 0.717) is 11.4 Å². The van der Waals surface area contributed by atoms with Crippen molar-refractivity contribution >= 4 is 5.69 Å². The number of nitrogen functional groups attached to an aromatic ring is 1. The van der Waals surface area contributed by atoms with E-state index in [9.17, 15) is 0 Å². The van der Waals surface area contributed by atoms with Gasteiger partial charge in [-0.2, -0.15) is 5.10 Å². The summed E-state index contributed by atoms with van der Waals surface area (Å²) in [7, 11) is 0. The van der Waals surface area contributed by atoms with Gasteiger partial charge in [0.15, 0.2) is 0 Å². The SMILES string of the molecule is Cc1nccnc1-c1nn(C(C)(C)C)cc1N. The summed E-state index contributed by atoms with van der Waals surface area (Å²) >= 11 is 0. The summed E-state index contributed by atoms with van der Waals surface area (Å²) in [5.41, 5.74) is 8.80. The molecule has 0 aliphatic rings. The van der Waals surface area contributed by atoms with Crippen molar-refractivity contribution < 1.29 is 0 Å². The average Bonchev–Trinajstić information content (AvgIpc) is 2.61. The highest BCUT2D eigenvalue weighted by molar-refractivity contribution is 5.70. The van der Waals surface area contributed by atoms with Gasteiger partial charge in [-0.05, 0) is 27.7 Å².